The summed E-state index contributed by atoms with van der Waals surface area (Å²) in [7, 11) is 1.65. The van der Waals surface area contributed by atoms with Crippen molar-refractivity contribution in [3.8, 4) is 0 Å². The first kappa shape index (κ1) is 16.0. The van der Waals surface area contributed by atoms with Crippen molar-refractivity contribution < 1.29 is 9.90 Å². The van der Waals surface area contributed by atoms with Gasteiger partial charge in [0.1, 0.15) is 5.82 Å². The third kappa shape index (κ3) is 4.60. The molecule has 1 aromatic heterocycles. The Bertz CT molecular complexity index is 595. The van der Waals surface area contributed by atoms with Crippen molar-refractivity contribution in [3.63, 3.8) is 0 Å². The summed E-state index contributed by atoms with van der Waals surface area (Å²) in [5.41, 5.74) is 1.18. The van der Waals surface area contributed by atoms with Crippen LogP contribution in [0.5, 0.6) is 0 Å². The highest BCUT2D eigenvalue weighted by atomic mass is 16.3. The van der Waals surface area contributed by atoms with E-state index in [9.17, 15) is 9.90 Å². The Kier molecular flexibility index (Phi) is 5.55. The molecule has 2 rings (SSSR count). The van der Waals surface area contributed by atoms with Gasteiger partial charge in [-0.3, -0.25) is 0 Å². The Morgan fingerprint density at radius 1 is 1.41 bits per heavy atom. The van der Waals surface area contributed by atoms with Crippen LogP contribution in [0.25, 0.3) is 0 Å². The van der Waals surface area contributed by atoms with Gasteiger partial charge in [-0.25, -0.2) is 9.78 Å². The standard InChI is InChI=1S/C16H22N4O2/c1-13(21)11-19(2)16(22)18-10-15-17-8-9-20(15)12-14-6-4-3-5-7-14/h3-9,13,21H,10-12H2,1-2H3,(H,18,22). The summed E-state index contributed by atoms with van der Waals surface area (Å²) >= 11 is 0. The van der Waals surface area contributed by atoms with Crippen LogP contribution in [0.1, 0.15) is 18.3 Å². The van der Waals surface area contributed by atoms with E-state index in [0.29, 0.717) is 13.1 Å². The number of imidazole rings is 1. The van der Waals surface area contributed by atoms with E-state index in [4.69, 9.17) is 0 Å². The average Bonchev–Trinajstić information content (AvgIpc) is 2.92. The topological polar surface area (TPSA) is 70.4 Å². The Labute approximate surface area is 130 Å². The molecule has 0 spiro atoms. The molecular weight excluding hydrogens is 280 g/mol. The molecule has 118 valence electrons. The summed E-state index contributed by atoms with van der Waals surface area (Å²) in [6.45, 7) is 3.01. The molecule has 0 radical (unpaired) electrons. The van der Waals surface area contributed by atoms with Crippen molar-refractivity contribution in [2.24, 2.45) is 0 Å². The molecule has 1 unspecified atom stereocenters. The number of aliphatic hydroxyl groups is 1. The highest BCUT2D eigenvalue weighted by Gasteiger charge is 2.11. The second-order valence-electron chi connectivity index (χ2n) is 5.35. The van der Waals surface area contributed by atoms with Crippen LogP contribution < -0.4 is 5.32 Å². The van der Waals surface area contributed by atoms with Gasteiger partial charge in [0.2, 0.25) is 0 Å². The maximum Gasteiger partial charge on any atom is 0.317 e. The minimum absolute atomic E-state index is 0.227. The van der Waals surface area contributed by atoms with Crippen molar-refractivity contribution >= 4 is 6.03 Å². The zero-order valence-electron chi connectivity index (χ0n) is 12.9. The van der Waals surface area contributed by atoms with E-state index in [1.165, 1.54) is 10.5 Å². The van der Waals surface area contributed by atoms with Gasteiger partial charge in [0.25, 0.3) is 0 Å². The van der Waals surface area contributed by atoms with E-state index in [-0.39, 0.29) is 6.03 Å². The van der Waals surface area contributed by atoms with E-state index >= 15 is 0 Å². The fourth-order valence-corrected chi connectivity index (χ4v) is 2.20. The first-order valence-electron chi connectivity index (χ1n) is 7.27. The number of carbonyl (C=O) groups excluding carboxylic acids is 1. The largest absolute Gasteiger partial charge is 0.392 e. The molecule has 0 aliphatic carbocycles. The summed E-state index contributed by atoms with van der Waals surface area (Å²) in [5, 5.41) is 12.1. The normalized spacial score (nSPS) is 12.0. The van der Waals surface area contributed by atoms with Gasteiger partial charge in [0, 0.05) is 32.5 Å². The molecule has 2 amide bonds. The van der Waals surface area contributed by atoms with Gasteiger partial charge < -0.3 is 19.9 Å². The molecule has 0 aliphatic heterocycles. The predicted octanol–water partition coefficient (Wildman–Crippen LogP) is 1.45. The molecule has 6 nitrogen and oxygen atoms in total. The van der Waals surface area contributed by atoms with E-state index in [1.807, 2.05) is 29.0 Å². The summed E-state index contributed by atoms with van der Waals surface area (Å²) in [4.78, 5) is 17.6. The number of hydrogen-bond acceptors (Lipinski definition) is 3. The Morgan fingerprint density at radius 2 is 2.14 bits per heavy atom. The molecule has 22 heavy (non-hydrogen) atoms. The minimum atomic E-state index is -0.546. The van der Waals surface area contributed by atoms with Gasteiger partial charge in [-0.1, -0.05) is 30.3 Å². The fraction of sp³-hybridized carbons (Fsp3) is 0.375. The summed E-state index contributed by atoms with van der Waals surface area (Å²) in [6, 6.07) is 9.86. The van der Waals surface area contributed by atoms with Crippen molar-refractivity contribution in [2.75, 3.05) is 13.6 Å². The molecule has 0 saturated carbocycles. The Hall–Kier alpha value is -2.34. The molecule has 2 N–H and O–H groups in total. The van der Waals surface area contributed by atoms with Crippen LogP contribution in [0.15, 0.2) is 42.7 Å². The van der Waals surface area contributed by atoms with E-state index in [0.717, 1.165) is 12.4 Å². The maximum absolute atomic E-state index is 11.9. The number of carbonyl (C=O) groups is 1. The van der Waals surface area contributed by atoms with Gasteiger partial charge in [-0.05, 0) is 12.5 Å². The van der Waals surface area contributed by atoms with Crippen LogP contribution in [-0.4, -0.2) is 45.3 Å². The van der Waals surface area contributed by atoms with Crippen LogP contribution in [0.3, 0.4) is 0 Å². The molecule has 1 aromatic carbocycles. The van der Waals surface area contributed by atoms with Crippen LogP contribution in [0, 0.1) is 0 Å². The van der Waals surface area contributed by atoms with Gasteiger partial charge in [-0.2, -0.15) is 0 Å². The molecule has 0 fully saturated rings. The van der Waals surface area contributed by atoms with Crippen molar-refractivity contribution in [2.45, 2.75) is 26.1 Å². The second-order valence-corrected chi connectivity index (χ2v) is 5.35. The van der Waals surface area contributed by atoms with Crippen LogP contribution in [0.4, 0.5) is 4.79 Å². The van der Waals surface area contributed by atoms with Gasteiger partial charge in [-0.15, -0.1) is 0 Å². The highest BCUT2D eigenvalue weighted by molar-refractivity contribution is 5.73. The first-order valence-corrected chi connectivity index (χ1v) is 7.27. The van der Waals surface area contributed by atoms with E-state index < -0.39 is 6.10 Å². The lowest BCUT2D eigenvalue weighted by Crippen LogP contribution is -2.40. The van der Waals surface area contributed by atoms with Gasteiger partial charge in [0.05, 0.1) is 12.6 Å². The lowest BCUT2D eigenvalue weighted by Gasteiger charge is -2.19. The summed E-state index contributed by atoms with van der Waals surface area (Å²) in [5.74, 6) is 0.794. The number of aliphatic hydroxyl groups excluding tert-OH is 1. The SMILES string of the molecule is CC(O)CN(C)C(=O)NCc1nccn1Cc1ccccc1. The van der Waals surface area contributed by atoms with E-state index in [2.05, 4.69) is 22.4 Å². The van der Waals surface area contributed by atoms with Crippen LogP contribution in [0.2, 0.25) is 0 Å². The van der Waals surface area contributed by atoms with Crippen molar-refractivity contribution in [3.05, 3.63) is 54.1 Å². The molecule has 0 bridgehead atoms. The average molecular weight is 302 g/mol. The monoisotopic (exact) mass is 302 g/mol. The summed E-state index contributed by atoms with van der Waals surface area (Å²) < 4.78 is 2.00. The first-order chi connectivity index (χ1) is 10.6. The molecule has 0 saturated heterocycles. The van der Waals surface area contributed by atoms with Gasteiger partial charge >= 0.3 is 6.03 Å². The number of nitrogens with zero attached hydrogens (tertiary/aromatic N) is 3. The van der Waals surface area contributed by atoms with Crippen LogP contribution in [-0.2, 0) is 13.1 Å². The number of amides is 2. The lowest BCUT2D eigenvalue weighted by molar-refractivity contribution is 0.143. The predicted molar refractivity (Wildman–Crippen MR) is 84.3 cm³/mol. The smallest absolute Gasteiger partial charge is 0.317 e. The summed E-state index contributed by atoms with van der Waals surface area (Å²) in [6.07, 6.45) is 3.08. The molecule has 0 aliphatic rings. The number of nitrogens with one attached hydrogen (secondary N) is 1. The maximum atomic E-state index is 11.9. The third-order valence-corrected chi connectivity index (χ3v) is 3.28. The quantitative estimate of drug-likeness (QED) is 0.848. The number of benzene rings is 1. The number of likely N-dealkylation sites (N-methyl/N-ethyl adjacent to an activating group) is 1. The van der Waals surface area contributed by atoms with Crippen molar-refractivity contribution in [1.82, 2.24) is 19.8 Å². The molecule has 1 atom stereocenters. The lowest BCUT2D eigenvalue weighted by atomic mass is 10.2. The van der Waals surface area contributed by atoms with E-state index in [1.54, 1.807) is 20.2 Å². The Balaban J connectivity index is 1.91. The zero-order chi connectivity index (χ0) is 15.9. The van der Waals surface area contributed by atoms with Crippen molar-refractivity contribution in [1.29, 1.82) is 0 Å². The number of hydrogen-bond donors (Lipinski definition) is 2. The molecular formula is C16H22N4O2. The number of urea groups is 1. The minimum Gasteiger partial charge on any atom is -0.392 e. The molecule has 6 heteroatoms. The van der Waals surface area contributed by atoms with Crippen LogP contribution >= 0.6 is 0 Å². The fourth-order valence-electron chi connectivity index (χ4n) is 2.20. The van der Waals surface area contributed by atoms with Gasteiger partial charge in [0.15, 0.2) is 0 Å². The zero-order valence-corrected chi connectivity index (χ0v) is 12.9. The third-order valence-electron chi connectivity index (χ3n) is 3.28. The number of rotatable bonds is 6. The Morgan fingerprint density at radius 3 is 2.82 bits per heavy atom. The molecule has 2 aromatic rings. The molecule has 1 heterocycles. The number of aromatic nitrogens is 2. The second kappa shape index (κ2) is 7.61. The highest BCUT2D eigenvalue weighted by Crippen LogP contribution is 2.05.